The molecule has 2 aliphatic rings. The molecule has 1 saturated heterocycles. The molecule has 1 spiro atoms. The van der Waals surface area contributed by atoms with E-state index in [9.17, 15) is 14.4 Å². The summed E-state index contributed by atoms with van der Waals surface area (Å²) < 4.78 is 1.24. The van der Waals surface area contributed by atoms with E-state index in [1.54, 1.807) is 36.2 Å². The number of carbonyl (C=O) groups excluding carboxylic acids is 2. The van der Waals surface area contributed by atoms with Crippen molar-refractivity contribution in [1.29, 1.82) is 0 Å². The summed E-state index contributed by atoms with van der Waals surface area (Å²) in [5.74, 6) is -0.344. The molecule has 8 nitrogen and oxygen atoms in total. The number of fused-ring (bicyclic) bond motifs is 2. The topological polar surface area (TPSA) is 96.3 Å². The standard InChI is InChI=1S/C23H23N5O3/c1-15(28-22(31)17-8-3-2-7-16(17)13-24-28)21(30)27-12-6-11-23(14-27)25-19-10-5-4-9-18(19)20(29)26-23/h2-5,7-10,13,15,25H,6,11-12,14H2,1H3,(H,26,29). The summed E-state index contributed by atoms with van der Waals surface area (Å²) in [6, 6.07) is 13.8. The zero-order valence-corrected chi connectivity index (χ0v) is 17.2. The van der Waals surface area contributed by atoms with Gasteiger partial charge in [0.1, 0.15) is 11.7 Å². The summed E-state index contributed by atoms with van der Waals surface area (Å²) in [6.45, 7) is 2.57. The molecule has 0 radical (unpaired) electrons. The zero-order valence-electron chi connectivity index (χ0n) is 17.2. The van der Waals surface area contributed by atoms with Gasteiger partial charge >= 0.3 is 0 Å². The van der Waals surface area contributed by atoms with E-state index in [0.717, 1.165) is 17.5 Å². The molecule has 1 fully saturated rings. The minimum atomic E-state index is -0.751. The lowest BCUT2D eigenvalue weighted by molar-refractivity contribution is -0.136. The van der Waals surface area contributed by atoms with Crippen LogP contribution in [-0.2, 0) is 4.79 Å². The lowest BCUT2D eigenvalue weighted by Gasteiger charge is -2.47. The van der Waals surface area contributed by atoms with Crippen molar-refractivity contribution in [3.63, 3.8) is 0 Å². The molecule has 2 aromatic carbocycles. The van der Waals surface area contributed by atoms with Crippen LogP contribution in [-0.4, -0.2) is 45.2 Å². The minimum absolute atomic E-state index is 0.149. The first-order valence-electron chi connectivity index (χ1n) is 10.4. The van der Waals surface area contributed by atoms with Crippen LogP contribution in [0.15, 0.2) is 59.5 Å². The number of nitrogens with one attached hydrogen (secondary N) is 2. The number of carbonyl (C=O) groups is 2. The molecule has 8 heteroatoms. The summed E-state index contributed by atoms with van der Waals surface area (Å²) >= 11 is 0. The largest absolute Gasteiger partial charge is 0.361 e. The van der Waals surface area contributed by atoms with Crippen molar-refractivity contribution in [2.24, 2.45) is 0 Å². The Hall–Kier alpha value is -3.68. The van der Waals surface area contributed by atoms with Crippen molar-refractivity contribution >= 4 is 28.3 Å². The normalized spacial score (nSPS) is 21.3. The van der Waals surface area contributed by atoms with E-state index in [0.29, 0.717) is 30.5 Å². The highest BCUT2D eigenvalue weighted by Gasteiger charge is 2.42. The molecule has 2 amide bonds. The lowest BCUT2D eigenvalue weighted by atomic mass is 9.93. The number of hydrogen-bond donors (Lipinski definition) is 2. The van der Waals surface area contributed by atoms with Crippen molar-refractivity contribution in [2.75, 3.05) is 18.4 Å². The number of amides is 2. The Morgan fingerprint density at radius 3 is 2.74 bits per heavy atom. The molecule has 0 aliphatic carbocycles. The second kappa shape index (κ2) is 7.23. The van der Waals surface area contributed by atoms with Crippen molar-refractivity contribution in [3.05, 3.63) is 70.6 Å². The number of benzene rings is 2. The molecule has 3 aromatic rings. The molecule has 3 heterocycles. The predicted molar refractivity (Wildman–Crippen MR) is 117 cm³/mol. The first kappa shape index (κ1) is 19.3. The second-order valence-electron chi connectivity index (χ2n) is 8.23. The molecular formula is C23H23N5O3. The van der Waals surface area contributed by atoms with Gasteiger partial charge in [0.2, 0.25) is 5.91 Å². The van der Waals surface area contributed by atoms with Gasteiger partial charge in [0.25, 0.3) is 11.5 Å². The van der Waals surface area contributed by atoms with Gasteiger partial charge < -0.3 is 15.5 Å². The number of rotatable bonds is 2. The summed E-state index contributed by atoms with van der Waals surface area (Å²) in [6.07, 6.45) is 3.05. The van der Waals surface area contributed by atoms with E-state index in [4.69, 9.17) is 0 Å². The summed E-state index contributed by atoms with van der Waals surface area (Å²) in [7, 11) is 0. The predicted octanol–water partition coefficient (Wildman–Crippen LogP) is 2.13. The summed E-state index contributed by atoms with van der Waals surface area (Å²) in [5, 5.41) is 12.0. The first-order chi connectivity index (χ1) is 15.0. The number of likely N-dealkylation sites (tertiary alicyclic amines) is 1. The molecule has 2 aliphatic heterocycles. The maximum absolute atomic E-state index is 13.3. The van der Waals surface area contributed by atoms with E-state index in [1.807, 2.05) is 30.3 Å². The van der Waals surface area contributed by atoms with Crippen molar-refractivity contribution in [1.82, 2.24) is 20.0 Å². The van der Waals surface area contributed by atoms with Crippen molar-refractivity contribution < 1.29 is 9.59 Å². The van der Waals surface area contributed by atoms with E-state index < -0.39 is 11.7 Å². The Kier molecular flexibility index (Phi) is 4.50. The van der Waals surface area contributed by atoms with Crippen molar-refractivity contribution in [3.8, 4) is 0 Å². The van der Waals surface area contributed by atoms with Gasteiger partial charge in [-0.25, -0.2) is 4.68 Å². The summed E-state index contributed by atoms with van der Waals surface area (Å²) in [4.78, 5) is 40.6. The first-order valence-corrected chi connectivity index (χ1v) is 10.4. The Balaban J connectivity index is 1.41. The Labute approximate surface area is 178 Å². The van der Waals surface area contributed by atoms with E-state index >= 15 is 0 Å². The van der Waals surface area contributed by atoms with Crippen LogP contribution in [0, 0.1) is 0 Å². The van der Waals surface area contributed by atoms with Crippen LogP contribution in [0.1, 0.15) is 36.2 Å². The Morgan fingerprint density at radius 2 is 1.87 bits per heavy atom. The van der Waals surface area contributed by atoms with Crippen LogP contribution < -0.4 is 16.2 Å². The minimum Gasteiger partial charge on any atom is -0.361 e. The number of piperidine rings is 1. The average Bonchev–Trinajstić information content (AvgIpc) is 2.78. The van der Waals surface area contributed by atoms with Crippen LogP contribution >= 0.6 is 0 Å². The second-order valence-corrected chi connectivity index (χ2v) is 8.23. The van der Waals surface area contributed by atoms with Gasteiger partial charge in [0, 0.05) is 17.6 Å². The van der Waals surface area contributed by atoms with Gasteiger partial charge in [0.05, 0.1) is 23.7 Å². The number of nitrogens with zero attached hydrogens (tertiary/aromatic N) is 3. The molecule has 2 unspecified atom stereocenters. The third kappa shape index (κ3) is 3.24. The van der Waals surface area contributed by atoms with Gasteiger partial charge in [-0.3, -0.25) is 14.4 Å². The fraction of sp³-hybridized carbons (Fsp3) is 0.304. The monoisotopic (exact) mass is 417 g/mol. The zero-order chi connectivity index (χ0) is 21.6. The van der Waals surface area contributed by atoms with Gasteiger partial charge in [-0.15, -0.1) is 0 Å². The fourth-order valence-electron chi connectivity index (χ4n) is 4.56. The number of aromatic nitrogens is 2. The molecule has 31 heavy (non-hydrogen) atoms. The van der Waals surface area contributed by atoms with Gasteiger partial charge in [-0.05, 0) is 38.0 Å². The Morgan fingerprint density at radius 1 is 1.10 bits per heavy atom. The third-order valence-corrected chi connectivity index (χ3v) is 6.15. The maximum Gasteiger partial charge on any atom is 0.275 e. The van der Waals surface area contributed by atoms with Crippen LogP contribution in [0.3, 0.4) is 0 Å². The van der Waals surface area contributed by atoms with Crippen LogP contribution in [0.4, 0.5) is 5.69 Å². The van der Waals surface area contributed by atoms with E-state index in [-0.39, 0.29) is 17.4 Å². The molecule has 158 valence electrons. The maximum atomic E-state index is 13.3. The number of para-hydroxylation sites is 1. The van der Waals surface area contributed by atoms with Crippen LogP contribution in [0.2, 0.25) is 0 Å². The highest BCUT2D eigenvalue weighted by Crippen LogP contribution is 2.31. The third-order valence-electron chi connectivity index (χ3n) is 6.15. The molecule has 1 aromatic heterocycles. The van der Waals surface area contributed by atoms with Crippen molar-refractivity contribution in [2.45, 2.75) is 31.5 Å². The number of hydrogen-bond acceptors (Lipinski definition) is 5. The highest BCUT2D eigenvalue weighted by molar-refractivity contribution is 6.02. The molecule has 0 bridgehead atoms. The van der Waals surface area contributed by atoms with E-state index in [2.05, 4.69) is 15.7 Å². The van der Waals surface area contributed by atoms with Crippen LogP contribution in [0.25, 0.3) is 10.8 Å². The quantitative estimate of drug-likeness (QED) is 0.666. The lowest BCUT2D eigenvalue weighted by Crippen LogP contribution is -2.66. The molecule has 2 N–H and O–H groups in total. The Bertz CT molecular complexity index is 1250. The van der Waals surface area contributed by atoms with Gasteiger partial charge in [0.15, 0.2) is 0 Å². The summed E-state index contributed by atoms with van der Waals surface area (Å²) in [5.41, 5.74) is 0.350. The molecular weight excluding hydrogens is 394 g/mol. The molecule has 0 saturated carbocycles. The molecule has 5 rings (SSSR count). The van der Waals surface area contributed by atoms with Gasteiger partial charge in [-0.2, -0.15) is 5.10 Å². The van der Waals surface area contributed by atoms with Gasteiger partial charge in [-0.1, -0.05) is 30.3 Å². The highest BCUT2D eigenvalue weighted by atomic mass is 16.2. The molecule has 2 atom stereocenters. The average molecular weight is 417 g/mol. The van der Waals surface area contributed by atoms with Crippen LogP contribution in [0.5, 0.6) is 0 Å². The smallest absolute Gasteiger partial charge is 0.275 e. The van der Waals surface area contributed by atoms with E-state index in [1.165, 1.54) is 4.68 Å². The fourth-order valence-corrected chi connectivity index (χ4v) is 4.56. The number of anilines is 1. The SMILES string of the molecule is CC(C(=O)N1CCCC2(C1)NC(=O)c1ccccc1N2)n1ncc2ccccc2c1=O.